The van der Waals surface area contributed by atoms with Crippen LogP contribution in [-0.4, -0.2) is 65.0 Å². The van der Waals surface area contributed by atoms with Crippen molar-refractivity contribution >= 4 is 11.9 Å². The molecule has 0 spiro atoms. The molecule has 0 radical (unpaired) electrons. The van der Waals surface area contributed by atoms with Crippen LogP contribution in [0.4, 0.5) is 0 Å². The van der Waals surface area contributed by atoms with Crippen molar-refractivity contribution in [2.75, 3.05) is 47.1 Å². The minimum absolute atomic E-state index is 0.117. The summed E-state index contributed by atoms with van der Waals surface area (Å²) < 4.78 is 10.3. The number of ether oxygens (including phenoxy) is 2. The zero-order chi connectivity index (χ0) is 16.8. The monoisotopic (exact) mass is 328 g/mol. The third kappa shape index (κ3) is 10.1. The van der Waals surface area contributed by atoms with Crippen molar-refractivity contribution in [3.8, 4) is 0 Å². The van der Waals surface area contributed by atoms with Gasteiger partial charge in [-0.25, -0.2) is 0 Å². The van der Waals surface area contributed by atoms with Gasteiger partial charge in [0.05, 0.1) is 13.2 Å². The van der Waals surface area contributed by atoms with Crippen molar-refractivity contribution < 1.29 is 14.3 Å². The van der Waals surface area contributed by atoms with Crippen LogP contribution in [0.3, 0.4) is 0 Å². The van der Waals surface area contributed by atoms with Crippen LogP contribution < -0.4 is 16.0 Å². The van der Waals surface area contributed by atoms with Gasteiger partial charge in [0.25, 0.3) is 0 Å². The second-order valence-electron chi connectivity index (χ2n) is 5.68. The van der Waals surface area contributed by atoms with E-state index in [1.165, 1.54) is 12.8 Å². The number of amides is 1. The topological polar surface area (TPSA) is 84.0 Å². The van der Waals surface area contributed by atoms with Gasteiger partial charge in [-0.2, -0.15) is 0 Å². The van der Waals surface area contributed by atoms with Gasteiger partial charge in [0.2, 0.25) is 5.91 Å². The van der Waals surface area contributed by atoms with Gasteiger partial charge < -0.3 is 25.4 Å². The molecule has 1 fully saturated rings. The lowest BCUT2D eigenvalue weighted by molar-refractivity contribution is -0.121. The first kappa shape index (κ1) is 19.7. The summed E-state index contributed by atoms with van der Waals surface area (Å²) in [5.74, 6) is 0.835. The maximum absolute atomic E-state index is 11.8. The van der Waals surface area contributed by atoms with E-state index in [9.17, 15) is 4.79 Å². The first-order chi connectivity index (χ1) is 11.3. The van der Waals surface area contributed by atoms with Gasteiger partial charge in [-0.15, -0.1) is 0 Å². The molecule has 23 heavy (non-hydrogen) atoms. The summed E-state index contributed by atoms with van der Waals surface area (Å²) in [6.07, 6.45) is 6.07. The summed E-state index contributed by atoms with van der Waals surface area (Å²) in [6, 6.07) is 0.387. The molecule has 134 valence electrons. The highest BCUT2D eigenvalue weighted by Gasteiger charge is 2.16. The molecule has 0 aliphatic heterocycles. The number of hydrogen-bond donors (Lipinski definition) is 3. The number of methoxy groups -OCH3 is 1. The molecule has 1 saturated carbocycles. The Morgan fingerprint density at radius 3 is 2.57 bits per heavy atom. The number of nitrogens with zero attached hydrogens (tertiary/aromatic N) is 1. The number of rotatable bonds is 11. The second kappa shape index (κ2) is 13.1. The van der Waals surface area contributed by atoms with Gasteiger partial charge in [0.15, 0.2) is 5.96 Å². The Balaban J connectivity index is 1.99. The van der Waals surface area contributed by atoms with E-state index in [-0.39, 0.29) is 5.91 Å². The summed E-state index contributed by atoms with van der Waals surface area (Å²) in [4.78, 5) is 16.0. The van der Waals surface area contributed by atoms with Crippen molar-refractivity contribution in [3.63, 3.8) is 0 Å². The van der Waals surface area contributed by atoms with Crippen molar-refractivity contribution in [3.05, 3.63) is 0 Å². The van der Waals surface area contributed by atoms with Gasteiger partial charge in [0, 0.05) is 46.3 Å². The smallest absolute Gasteiger partial charge is 0.221 e. The number of nitrogens with one attached hydrogen (secondary N) is 3. The average Bonchev–Trinajstić information content (AvgIpc) is 3.05. The van der Waals surface area contributed by atoms with Gasteiger partial charge >= 0.3 is 0 Å². The van der Waals surface area contributed by atoms with Crippen molar-refractivity contribution in [1.82, 2.24) is 16.0 Å². The summed E-state index contributed by atoms with van der Waals surface area (Å²) in [7, 11) is 3.39. The Hall–Kier alpha value is -1.34. The van der Waals surface area contributed by atoms with Crippen LogP contribution >= 0.6 is 0 Å². The van der Waals surface area contributed by atoms with Crippen LogP contribution in [0.5, 0.6) is 0 Å². The zero-order valence-corrected chi connectivity index (χ0v) is 14.5. The van der Waals surface area contributed by atoms with E-state index in [4.69, 9.17) is 9.47 Å². The van der Waals surface area contributed by atoms with Crippen LogP contribution in [-0.2, 0) is 14.3 Å². The Morgan fingerprint density at radius 2 is 1.87 bits per heavy atom. The van der Waals surface area contributed by atoms with Crippen molar-refractivity contribution in [2.24, 2.45) is 4.99 Å². The normalized spacial score (nSPS) is 15.7. The molecule has 3 N–H and O–H groups in total. The molecule has 7 nitrogen and oxygen atoms in total. The lowest BCUT2D eigenvalue weighted by Gasteiger charge is -2.14. The fraction of sp³-hybridized carbons (Fsp3) is 0.875. The molecule has 1 aliphatic rings. The molecule has 1 amide bonds. The molecular formula is C16H32N4O3. The third-order valence-corrected chi connectivity index (χ3v) is 3.78. The maximum atomic E-state index is 11.8. The van der Waals surface area contributed by atoms with Crippen LogP contribution in [0.2, 0.25) is 0 Å². The minimum Gasteiger partial charge on any atom is -0.382 e. The second-order valence-corrected chi connectivity index (χ2v) is 5.68. The molecule has 0 aromatic rings. The molecule has 0 bridgehead atoms. The van der Waals surface area contributed by atoms with Crippen molar-refractivity contribution in [2.45, 2.75) is 44.6 Å². The Morgan fingerprint density at radius 1 is 1.13 bits per heavy atom. The van der Waals surface area contributed by atoms with E-state index in [0.29, 0.717) is 38.8 Å². The lowest BCUT2D eigenvalue weighted by Crippen LogP contribution is -2.40. The van der Waals surface area contributed by atoms with Crippen LogP contribution in [0.1, 0.15) is 38.5 Å². The van der Waals surface area contributed by atoms with Crippen LogP contribution in [0, 0.1) is 0 Å². The number of carbonyl (C=O) groups is 1. The van der Waals surface area contributed by atoms with E-state index >= 15 is 0 Å². The summed E-state index contributed by atoms with van der Waals surface area (Å²) in [5, 5.41) is 9.44. The SMILES string of the molecule is CN=C(NCCCOCCOC)NCCC(=O)NC1CCCC1. The molecule has 0 heterocycles. The Bertz CT molecular complexity index is 344. The fourth-order valence-corrected chi connectivity index (χ4v) is 2.51. The number of aliphatic imine (C=N–C) groups is 1. The predicted molar refractivity (Wildman–Crippen MR) is 91.7 cm³/mol. The van der Waals surface area contributed by atoms with E-state index < -0.39 is 0 Å². The quantitative estimate of drug-likeness (QED) is 0.295. The van der Waals surface area contributed by atoms with Crippen LogP contribution in [0.25, 0.3) is 0 Å². The van der Waals surface area contributed by atoms with Crippen molar-refractivity contribution in [1.29, 1.82) is 0 Å². The van der Waals surface area contributed by atoms with E-state index in [2.05, 4.69) is 20.9 Å². The average molecular weight is 328 g/mol. The van der Waals surface area contributed by atoms with E-state index in [1.807, 2.05) is 0 Å². The fourth-order valence-electron chi connectivity index (χ4n) is 2.51. The lowest BCUT2D eigenvalue weighted by atomic mass is 10.2. The zero-order valence-electron chi connectivity index (χ0n) is 14.5. The molecule has 1 aliphatic carbocycles. The van der Waals surface area contributed by atoms with E-state index in [0.717, 1.165) is 31.8 Å². The number of carbonyl (C=O) groups excluding carboxylic acids is 1. The molecule has 0 saturated heterocycles. The molecule has 0 aromatic carbocycles. The first-order valence-corrected chi connectivity index (χ1v) is 8.57. The largest absolute Gasteiger partial charge is 0.382 e. The minimum atomic E-state index is 0.117. The van der Waals surface area contributed by atoms with Gasteiger partial charge in [0.1, 0.15) is 0 Å². The highest BCUT2D eigenvalue weighted by atomic mass is 16.5. The van der Waals surface area contributed by atoms with Gasteiger partial charge in [-0.3, -0.25) is 9.79 Å². The third-order valence-electron chi connectivity index (χ3n) is 3.78. The molecule has 0 unspecified atom stereocenters. The number of hydrogen-bond acceptors (Lipinski definition) is 4. The molecular weight excluding hydrogens is 296 g/mol. The highest BCUT2D eigenvalue weighted by molar-refractivity contribution is 5.81. The first-order valence-electron chi connectivity index (χ1n) is 8.57. The Kier molecular flexibility index (Phi) is 11.3. The summed E-state index contributed by atoms with van der Waals surface area (Å²) in [6.45, 7) is 3.31. The standard InChI is InChI=1S/C16H32N4O3/c1-17-16(18-9-5-11-23-13-12-22-2)19-10-8-15(21)20-14-6-3-4-7-14/h14H,3-13H2,1-2H3,(H,20,21)(H2,17,18,19). The molecule has 0 aromatic heterocycles. The summed E-state index contributed by atoms with van der Waals surface area (Å²) in [5.41, 5.74) is 0. The van der Waals surface area contributed by atoms with E-state index in [1.54, 1.807) is 14.2 Å². The Labute approximate surface area is 139 Å². The highest BCUT2D eigenvalue weighted by Crippen LogP contribution is 2.17. The van der Waals surface area contributed by atoms with Gasteiger partial charge in [-0.1, -0.05) is 12.8 Å². The maximum Gasteiger partial charge on any atom is 0.221 e. The van der Waals surface area contributed by atoms with Gasteiger partial charge in [-0.05, 0) is 19.3 Å². The summed E-state index contributed by atoms with van der Waals surface area (Å²) >= 11 is 0. The van der Waals surface area contributed by atoms with Crippen LogP contribution in [0.15, 0.2) is 4.99 Å². The molecule has 1 rings (SSSR count). The predicted octanol–water partition coefficient (Wildman–Crippen LogP) is 0.653. The molecule has 0 atom stereocenters. The number of guanidine groups is 1. The molecule has 7 heteroatoms.